The first-order valence-electron chi connectivity index (χ1n) is 9.11. The minimum Gasteiger partial charge on any atom is -0.467 e. The molecule has 2 aromatic carbocycles. The average molecular weight is 358 g/mol. The molecule has 0 aliphatic heterocycles. The lowest BCUT2D eigenvalue weighted by atomic mass is 9.99. The highest BCUT2D eigenvalue weighted by atomic mass is 16.3. The Morgan fingerprint density at radius 3 is 2.48 bits per heavy atom. The number of hydrogen-bond acceptors (Lipinski definition) is 3. The molecule has 0 saturated heterocycles. The number of benzene rings is 2. The lowest BCUT2D eigenvalue weighted by Gasteiger charge is -2.22. The number of carbonyl (C=O) groups excluding carboxylic acids is 1. The molecule has 2 N–H and O–H groups in total. The summed E-state index contributed by atoms with van der Waals surface area (Å²) in [6.07, 6.45) is 1.66. The van der Waals surface area contributed by atoms with Crippen LogP contribution in [0.5, 0.6) is 0 Å². The first-order chi connectivity index (χ1) is 13.1. The summed E-state index contributed by atoms with van der Waals surface area (Å²) in [6, 6.07) is 21.2. The molecule has 0 aliphatic rings. The SMILES string of the molecule is Cc1[nH]c2ccccc2c1C(=O)[C@@H](C)N[C@H](c1ccccc1)c1ccco1. The maximum atomic E-state index is 13.3. The molecule has 2 aromatic heterocycles. The van der Waals surface area contributed by atoms with Crippen molar-refractivity contribution in [2.24, 2.45) is 0 Å². The highest BCUT2D eigenvalue weighted by molar-refractivity contribution is 6.11. The quantitative estimate of drug-likeness (QED) is 0.476. The van der Waals surface area contributed by atoms with E-state index < -0.39 is 0 Å². The van der Waals surface area contributed by atoms with Crippen LogP contribution < -0.4 is 5.32 Å². The van der Waals surface area contributed by atoms with Crippen molar-refractivity contribution >= 4 is 16.7 Å². The lowest BCUT2D eigenvalue weighted by Crippen LogP contribution is -2.37. The van der Waals surface area contributed by atoms with Gasteiger partial charge in [0.05, 0.1) is 18.3 Å². The Kier molecular flexibility index (Phi) is 4.65. The second kappa shape index (κ2) is 7.25. The number of nitrogens with one attached hydrogen (secondary N) is 2. The third kappa shape index (κ3) is 3.32. The molecule has 0 spiro atoms. The second-order valence-electron chi connectivity index (χ2n) is 6.78. The molecule has 2 atom stereocenters. The number of rotatable bonds is 6. The molecule has 4 nitrogen and oxygen atoms in total. The number of aromatic amines is 1. The summed E-state index contributed by atoms with van der Waals surface area (Å²) in [7, 11) is 0. The molecule has 27 heavy (non-hydrogen) atoms. The molecule has 4 aromatic rings. The van der Waals surface area contributed by atoms with Gasteiger partial charge in [0.2, 0.25) is 0 Å². The van der Waals surface area contributed by atoms with E-state index in [-0.39, 0.29) is 17.9 Å². The van der Waals surface area contributed by atoms with Crippen molar-refractivity contribution in [1.29, 1.82) is 0 Å². The average Bonchev–Trinajstić information content (AvgIpc) is 3.33. The van der Waals surface area contributed by atoms with Gasteiger partial charge in [-0.1, -0.05) is 48.5 Å². The van der Waals surface area contributed by atoms with E-state index in [0.717, 1.165) is 33.5 Å². The highest BCUT2D eigenvalue weighted by Crippen LogP contribution is 2.26. The number of aromatic nitrogens is 1. The van der Waals surface area contributed by atoms with Crippen molar-refractivity contribution in [1.82, 2.24) is 10.3 Å². The monoisotopic (exact) mass is 358 g/mol. The molecule has 4 rings (SSSR count). The number of carbonyl (C=O) groups is 1. The van der Waals surface area contributed by atoms with E-state index in [1.807, 2.05) is 80.6 Å². The second-order valence-corrected chi connectivity index (χ2v) is 6.78. The summed E-state index contributed by atoms with van der Waals surface area (Å²) in [5, 5.41) is 4.42. The summed E-state index contributed by atoms with van der Waals surface area (Å²) >= 11 is 0. The Balaban J connectivity index is 1.66. The normalized spacial score (nSPS) is 13.6. The zero-order chi connectivity index (χ0) is 18.8. The molecule has 0 amide bonds. The highest BCUT2D eigenvalue weighted by Gasteiger charge is 2.26. The van der Waals surface area contributed by atoms with Crippen molar-refractivity contribution in [2.45, 2.75) is 25.9 Å². The predicted octanol–water partition coefficient (Wildman–Crippen LogP) is 5.02. The van der Waals surface area contributed by atoms with E-state index in [9.17, 15) is 4.79 Å². The van der Waals surface area contributed by atoms with E-state index in [1.165, 1.54) is 0 Å². The first-order valence-corrected chi connectivity index (χ1v) is 9.11. The third-order valence-electron chi connectivity index (χ3n) is 4.91. The summed E-state index contributed by atoms with van der Waals surface area (Å²) < 4.78 is 5.64. The predicted molar refractivity (Wildman–Crippen MR) is 107 cm³/mol. The van der Waals surface area contributed by atoms with Crippen LogP contribution in [0.3, 0.4) is 0 Å². The maximum absolute atomic E-state index is 13.3. The van der Waals surface area contributed by atoms with Crippen molar-refractivity contribution in [3.63, 3.8) is 0 Å². The van der Waals surface area contributed by atoms with Gasteiger partial charge in [-0.25, -0.2) is 0 Å². The zero-order valence-corrected chi connectivity index (χ0v) is 15.4. The molecule has 0 unspecified atom stereocenters. The number of ketones is 1. The maximum Gasteiger partial charge on any atom is 0.181 e. The summed E-state index contributed by atoms with van der Waals surface area (Å²) in [5.41, 5.74) is 3.68. The molecule has 0 fully saturated rings. The zero-order valence-electron chi connectivity index (χ0n) is 15.4. The smallest absolute Gasteiger partial charge is 0.181 e. The molecular weight excluding hydrogens is 336 g/mol. The minimum absolute atomic E-state index is 0.0671. The first kappa shape index (κ1) is 17.3. The van der Waals surface area contributed by atoms with E-state index in [0.29, 0.717) is 0 Å². The number of hydrogen-bond donors (Lipinski definition) is 2. The number of Topliss-reactive ketones (excluding diaryl/α,β-unsaturated/α-hetero) is 1. The van der Waals surface area contributed by atoms with Crippen molar-refractivity contribution < 1.29 is 9.21 Å². The molecule has 136 valence electrons. The van der Waals surface area contributed by atoms with Crippen LogP contribution in [-0.2, 0) is 0 Å². The number of aryl methyl sites for hydroxylation is 1. The van der Waals surface area contributed by atoms with Crippen LogP contribution in [0.15, 0.2) is 77.4 Å². The fourth-order valence-electron chi connectivity index (χ4n) is 3.58. The number of furan rings is 1. The Bertz CT molecular complexity index is 1050. The van der Waals surface area contributed by atoms with Gasteiger partial charge in [0.15, 0.2) is 5.78 Å². The summed E-state index contributed by atoms with van der Waals surface area (Å²) in [5.74, 6) is 0.855. The molecule has 0 saturated carbocycles. The van der Waals surface area contributed by atoms with Crippen LogP contribution in [0.4, 0.5) is 0 Å². The van der Waals surface area contributed by atoms with E-state index in [4.69, 9.17) is 4.42 Å². The van der Waals surface area contributed by atoms with Crippen LogP contribution in [0.25, 0.3) is 10.9 Å². The standard InChI is InChI=1S/C23H22N2O2/c1-15-21(18-11-6-7-12-19(18)24-15)23(26)16(2)25-22(20-13-8-14-27-20)17-9-4-3-5-10-17/h3-14,16,22,24-25H,1-2H3/t16-,22-/m1/s1. The van der Waals surface area contributed by atoms with Crippen LogP contribution >= 0.6 is 0 Å². The van der Waals surface area contributed by atoms with E-state index >= 15 is 0 Å². The molecule has 0 aliphatic carbocycles. The van der Waals surface area contributed by atoms with Crippen LogP contribution in [-0.4, -0.2) is 16.8 Å². The van der Waals surface area contributed by atoms with Gasteiger partial charge < -0.3 is 9.40 Å². The Hall–Kier alpha value is -3.11. The largest absolute Gasteiger partial charge is 0.467 e. The van der Waals surface area contributed by atoms with Gasteiger partial charge in [0.25, 0.3) is 0 Å². The van der Waals surface area contributed by atoms with Crippen LogP contribution in [0.2, 0.25) is 0 Å². The van der Waals surface area contributed by atoms with Gasteiger partial charge >= 0.3 is 0 Å². The van der Waals surface area contributed by atoms with Gasteiger partial charge in [0, 0.05) is 22.2 Å². The lowest BCUT2D eigenvalue weighted by molar-refractivity contribution is 0.0946. The molecular formula is C23H22N2O2. The Morgan fingerprint density at radius 1 is 1.00 bits per heavy atom. The van der Waals surface area contributed by atoms with Gasteiger partial charge in [-0.2, -0.15) is 0 Å². The Labute approximate surface area is 158 Å². The third-order valence-corrected chi connectivity index (χ3v) is 4.91. The molecule has 0 radical (unpaired) electrons. The molecule has 0 bridgehead atoms. The van der Waals surface area contributed by atoms with Crippen molar-refractivity contribution in [3.05, 3.63) is 95.6 Å². The number of fused-ring (bicyclic) bond motifs is 1. The fourth-order valence-corrected chi connectivity index (χ4v) is 3.58. The topological polar surface area (TPSA) is 58.0 Å². The minimum atomic E-state index is -0.377. The van der Waals surface area contributed by atoms with Crippen LogP contribution in [0.1, 0.15) is 40.3 Å². The van der Waals surface area contributed by atoms with E-state index in [2.05, 4.69) is 10.3 Å². The van der Waals surface area contributed by atoms with Gasteiger partial charge in [-0.05, 0) is 37.6 Å². The number of H-pyrrole nitrogens is 1. The molecule has 2 heterocycles. The van der Waals surface area contributed by atoms with E-state index in [1.54, 1.807) is 6.26 Å². The fraction of sp³-hybridized carbons (Fsp3) is 0.174. The number of para-hydroxylation sites is 1. The molecule has 4 heteroatoms. The summed E-state index contributed by atoms with van der Waals surface area (Å²) in [4.78, 5) is 16.6. The van der Waals surface area contributed by atoms with Gasteiger partial charge in [0.1, 0.15) is 5.76 Å². The van der Waals surface area contributed by atoms with Crippen LogP contribution in [0, 0.1) is 6.92 Å². The van der Waals surface area contributed by atoms with Crippen molar-refractivity contribution in [2.75, 3.05) is 0 Å². The summed E-state index contributed by atoms with van der Waals surface area (Å²) in [6.45, 7) is 3.85. The van der Waals surface area contributed by atoms with Gasteiger partial charge in [-0.3, -0.25) is 10.1 Å². The van der Waals surface area contributed by atoms with Gasteiger partial charge in [-0.15, -0.1) is 0 Å². The van der Waals surface area contributed by atoms with Crippen molar-refractivity contribution in [3.8, 4) is 0 Å². The Morgan fingerprint density at radius 2 is 1.74 bits per heavy atom.